The van der Waals surface area contributed by atoms with E-state index in [2.05, 4.69) is 12.6 Å². The van der Waals surface area contributed by atoms with Gasteiger partial charge >= 0.3 is 5.97 Å². The highest BCUT2D eigenvalue weighted by Gasteiger charge is 2.12. The van der Waals surface area contributed by atoms with Crippen LogP contribution in [-0.4, -0.2) is 18.4 Å². The van der Waals surface area contributed by atoms with Crippen molar-refractivity contribution in [2.24, 2.45) is 0 Å². The zero-order valence-corrected chi connectivity index (χ0v) is 10.2. The van der Waals surface area contributed by atoms with Crippen molar-refractivity contribution in [3.8, 4) is 0 Å². The van der Waals surface area contributed by atoms with Crippen LogP contribution in [0.1, 0.15) is 41.0 Å². The first-order chi connectivity index (χ1) is 7.60. The summed E-state index contributed by atoms with van der Waals surface area (Å²) in [7, 11) is 0. The Bertz CT molecular complexity index is 413. The summed E-state index contributed by atoms with van der Waals surface area (Å²) < 4.78 is 4.86. The molecule has 0 N–H and O–H groups in total. The molecule has 0 atom stereocenters. The second-order valence-corrected chi connectivity index (χ2v) is 3.71. The van der Waals surface area contributed by atoms with Gasteiger partial charge in [0.25, 0.3) is 0 Å². The number of esters is 1. The molecule has 0 bridgehead atoms. The molecule has 0 aromatic heterocycles. The largest absolute Gasteiger partial charge is 0.462 e. The van der Waals surface area contributed by atoms with E-state index in [0.717, 1.165) is 0 Å². The molecular weight excluding hydrogens is 224 g/mol. The van der Waals surface area contributed by atoms with Gasteiger partial charge in [0.1, 0.15) is 0 Å². The minimum Gasteiger partial charge on any atom is -0.462 e. The first-order valence-corrected chi connectivity index (χ1v) is 5.58. The predicted molar refractivity (Wildman–Crippen MR) is 64.3 cm³/mol. The Morgan fingerprint density at radius 1 is 1.31 bits per heavy atom. The van der Waals surface area contributed by atoms with Gasteiger partial charge in [0, 0.05) is 16.9 Å². The number of hydrogen-bond acceptors (Lipinski definition) is 4. The van der Waals surface area contributed by atoms with Crippen LogP contribution in [0, 0.1) is 0 Å². The molecule has 16 heavy (non-hydrogen) atoms. The minimum absolute atomic E-state index is 0.0331. The average Bonchev–Trinajstić information content (AvgIpc) is 2.28. The summed E-state index contributed by atoms with van der Waals surface area (Å²) in [5, 5.41) is 0. The number of carbonyl (C=O) groups is 2. The lowest BCUT2D eigenvalue weighted by atomic mass is 10.1. The van der Waals surface area contributed by atoms with Gasteiger partial charge in [-0.1, -0.05) is 13.0 Å². The van der Waals surface area contributed by atoms with E-state index in [9.17, 15) is 9.59 Å². The van der Waals surface area contributed by atoms with Gasteiger partial charge in [0.2, 0.25) is 0 Å². The number of rotatable bonds is 4. The first-order valence-electron chi connectivity index (χ1n) is 5.13. The van der Waals surface area contributed by atoms with Crippen molar-refractivity contribution in [3.05, 3.63) is 29.3 Å². The van der Waals surface area contributed by atoms with E-state index >= 15 is 0 Å². The van der Waals surface area contributed by atoms with Crippen molar-refractivity contribution in [1.82, 2.24) is 0 Å². The third-order valence-corrected chi connectivity index (χ3v) is 2.51. The van der Waals surface area contributed by atoms with Crippen LogP contribution in [-0.2, 0) is 4.74 Å². The van der Waals surface area contributed by atoms with Crippen molar-refractivity contribution in [1.29, 1.82) is 0 Å². The lowest BCUT2D eigenvalue weighted by molar-refractivity contribution is 0.0522. The summed E-state index contributed by atoms with van der Waals surface area (Å²) in [6.07, 6.45) is 0.436. The zero-order valence-electron chi connectivity index (χ0n) is 9.32. The molecule has 0 fully saturated rings. The topological polar surface area (TPSA) is 43.4 Å². The van der Waals surface area contributed by atoms with E-state index < -0.39 is 5.97 Å². The van der Waals surface area contributed by atoms with Gasteiger partial charge in [-0.2, -0.15) is 0 Å². The third-order valence-electron chi connectivity index (χ3n) is 2.14. The van der Waals surface area contributed by atoms with E-state index in [-0.39, 0.29) is 5.78 Å². The van der Waals surface area contributed by atoms with Gasteiger partial charge in [-0.05, 0) is 19.1 Å². The fourth-order valence-electron chi connectivity index (χ4n) is 1.29. The van der Waals surface area contributed by atoms with Crippen molar-refractivity contribution in [2.45, 2.75) is 25.2 Å². The predicted octanol–water partition coefficient (Wildman–Crippen LogP) is 2.74. The molecule has 0 aliphatic rings. The Morgan fingerprint density at radius 2 is 2.00 bits per heavy atom. The fraction of sp³-hybridized carbons (Fsp3) is 0.333. The molecule has 0 unspecified atom stereocenters. The molecule has 4 heteroatoms. The number of thiol groups is 1. The van der Waals surface area contributed by atoms with Crippen molar-refractivity contribution < 1.29 is 14.3 Å². The molecule has 0 saturated heterocycles. The van der Waals surface area contributed by atoms with Crippen LogP contribution in [0.15, 0.2) is 23.1 Å². The highest BCUT2D eigenvalue weighted by Crippen LogP contribution is 2.18. The van der Waals surface area contributed by atoms with Crippen molar-refractivity contribution in [3.63, 3.8) is 0 Å². The molecule has 3 nitrogen and oxygen atoms in total. The fourth-order valence-corrected chi connectivity index (χ4v) is 1.60. The Labute approximate surface area is 100 Å². The normalized spacial score (nSPS) is 9.94. The van der Waals surface area contributed by atoms with Crippen LogP contribution in [0.4, 0.5) is 0 Å². The van der Waals surface area contributed by atoms with Crippen LogP contribution in [0.5, 0.6) is 0 Å². The maximum atomic E-state index is 11.5. The van der Waals surface area contributed by atoms with Gasteiger partial charge < -0.3 is 4.74 Å². The molecule has 0 radical (unpaired) electrons. The molecule has 86 valence electrons. The van der Waals surface area contributed by atoms with E-state index in [1.807, 2.05) is 0 Å². The van der Waals surface area contributed by atoms with E-state index in [1.54, 1.807) is 32.0 Å². The molecule has 0 aliphatic carbocycles. The van der Waals surface area contributed by atoms with Gasteiger partial charge in [-0.3, -0.25) is 4.79 Å². The molecule has 0 amide bonds. The highest BCUT2D eigenvalue weighted by molar-refractivity contribution is 7.80. The smallest absolute Gasteiger partial charge is 0.339 e. The van der Waals surface area contributed by atoms with E-state index in [1.165, 1.54) is 0 Å². The van der Waals surface area contributed by atoms with Gasteiger partial charge in [-0.15, -0.1) is 12.6 Å². The summed E-state index contributed by atoms with van der Waals surface area (Å²) in [6.45, 7) is 3.85. The Kier molecular flexibility index (Phi) is 4.55. The second-order valence-electron chi connectivity index (χ2n) is 3.23. The van der Waals surface area contributed by atoms with Crippen molar-refractivity contribution >= 4 is 24.4 Å². The van der Waals surface area contributed by atoms with Crippen LogP contribution in [0.2, 0.25) is 0 Å². The number of ketones is 1. The SMILES string of the molecule is CCOC(=O)c1ccc(C(=O)CC)cc1S. The Hall–Kier alpha value is -1.29. The summed E-state index contributed by atoms with van der Waals surface area (Å²) in [6, 6.07) is 4.79. The Balaban J connectivity index is 3.00. The summed E-state index contributed by atoms with van der Waals surface area (Å²) in [5.74, 6) is -0.381. The lowest BCUT2D eigenvalue weighted by Gasteiger charge is -2.06. The molecule has 0 saturated carbocycles. The highest BCUT2D eigenvalue weighted by atomic mass is 32.1. The van der Waals surface area contributed by atoms with E-state index in [0.29, 0.717) is 29.1 Å². The Morgan fingerprint density at radius 3 is 2.50 bits per heavy atom. The summed E-state index contributed by atoms with van der Waals surface area (Å²) in [4.78, 5) is 23.4. The van der Waals surface area contributed by atoms with Crippen LogP contribution < -0.4 is 0 Å². The third kappa shape index (κ3) is 2.85. The summed E-state index contributed by atoms with van der Waals surface area (Å²) in [5.41, 5.74) is 0.957. The lowest BCUT2D eigenvalue weighted by Crippen LogP contribution is -2.07. The first kappa shape index (κ1) is 12.8. The molecule has 0 aliphatic heterocycles. The molecule has 1 aromatic rings. The van der Waals surface area contributed by atoms with Crippen LogP contribution >= 0.6 is 12.6 Å². The minimum atomic E-state index is -0.414. The second kappa shape index (κ2) is 5.70. The van der Waals surface area contributed by atoms with Crippen molar-refractivity contribution in [2.75, 3.05) is 6.61 Å². The maximum Gasteiger partial charge on any atom is 0.339 e. The number of hydrogen-bond donors (Lipinski definition) is 1. The molecule has 0 spiro atoms. The number of benzene rings is 1. The number of ether oxygens (including phenoxy) is 1. The molecule has 1 aromatic carbocycles. The number of Topliss-reactive ketones (excluding diaryl/α,β-unsaturated/α-hetero) is 1. The van der Waals surface area contributed by atoms with Crippen LogP contribution in [0.25, 0.3) is 0 Å². The zero-order chi connectivity index (χ0) is 12.1. The molecular formula is C12H14O3S. The standard InChI is InChI=1S/C12H14O3S/c1-3-10(13)8-5-6-9(11(16)7-8)12(14)15-4-2/h5-7,16H,3-4H2,1-2H3. The number of carbonyl (C=O) groups excluding carboxylic acids is 2. The van der Waals surface area contributed by atoms with E-state index in [4.69, 9.17) is 4.74 Å². The maximum absolute atomic E-state index is 11.5. The van der Waals surface area contributed by atoms with Gasteiger partial charge in [0.15, 0.2) is 5.78 Å². The van der Waals surface area contributed by atoms with Gasteiger partial charge in [0.05, 0.1) is 12.2 Å². The monoisotopic (exact) mass is 238 g/mol. The van der Waals surface area contributed by atoms with Crippen LogP contribution in [0.3, 0.4) is 0 Å². The molecule has 0 heterocycles. The summed E-state index contributed by atoms with van der Waals surface area (Å²) >= 11 is 4.18. The molecule has 1 rings (SSSR count). The average molecular weight is 238 g/mol. The van der Waals surface area contributed by atoms with Gasteiger partial charge in [-0.25, -0.2) is 4.79 Å². The quantitative estimate of drug-likeness (QED) is 0.498.